The molecule has 0 saturated carbocycles. The van der Waals surface area contributed by atoms with E-state index in [1.807, 2.05) is 0 Å². The number of likely N-dealkylation sites (tertiary alicyclic amines) is 1. The Hall–Kier alpha value is -1.34. The minimum Gasteiger partial charge on any atom is -0.479 e. The molecule has 19 heavy (non-hydrogen) atoms. The van der Waals surface area contributed by atoms with E-state index in [0.717, 1.165) is 4.47 Å². The molecule has 0 spiro atoms. The van der Waals surface area contributed by atoms with Gasteiger partial charge in [-0.1, -0.05) is 0 Å². The van der Waals surface area contributed by atoms with E-state index < -0.39 is 11.6 Å². The molecular formula is C12H15BrN2O4. The first kappa shape index (κ1) is 14.1. The zero-order chi connectivity index (χ0) is 14.2. The molecule has 1 aromatic rings. The number of carboxylic acid groups (broad SMARTS) is 1. The molecule has 0 bridgehead atoms. The maximum absolute atomic E-state index is 12.3. The van der Waals surface area contributed by atoms with Gasteiger partial charge in [-0.25, -0.2) is 4.79 Å². The van der Waals surface area contributed by atoms with Crippen LogP contribution < -0.4 is 0 Å². The quantitative estimate of drug-likeness (QED) is 0.841. The fraction of sp³-hybridized carbons (Fsp3) is 0.500. The fourth-order valence-electron chi connectivity index (χ4n) is 2.19. The van der Waals surface area contributed by atoms with Crippen molar-refractivity contribution in [1.29, 1.82) is 0 Å². The Morgan fingerprint density at radius 3 is 2.37 bits per heavy atom. The van der Waals surface area contributed by atoms with Crippen molar-refractivity contribution in [3.8, 4) is 0 Å². The highest BCUT2D eigenvalue weighted by atomic mass is 79.9. The summed E-state index contributed by atoms with van der Waals surface area (Å²) in [6, 6.07) is 1.72. The van der Waals surface area contributed by atoms with Crippen LogP contribution >= 0.6 is 15.9 Å². The van der Waals surface area contributed by atoms with Crippen molar-refractivity contribution in [3.05, 3.63) is 22.4 Å². The van der Waals surface area contributed by atoms with Gasteiger partial charge in [0.25, 0.3) is 5.91 Å². The summed E-state index contributed by atoms with van der Waals surface area (Å²) in [5.74, 6) is -1.37. The van der Waals surface area contributed by atoms with Gasteiger partial charge in [0.15, 0.2) is 5.60 Å². The number of carbonyl (C=O) groups excluding carboxylic acids is 1. The van der Waals surface area contributed by atoms with Gasteiger partial charge in [0.2, 0.25) is 0 Å². The van der Waals surface area contributed by atoms with E-state index in [-0.39, 0.29) is 31.8 Å². The molecule has 1 aliphatic rings. The van der Waals surface area contributed by atoms with Crippen LogP contribution in [0.5, 0.6) is 0 Å². The Morgan fingerprint density at radius 2 is 1.95 bits per heavy atom. The Balaban J connectivity index is 2.08. The van der Waals surface area contributed by atoms with E-state index in [0.29, 0.717) is 5.69 Å². The van der Waals surface area contributed by atoms with Gasteiger partial charge in [-0.15, -0.1) is 0 Å². The molecule has 1 aliphatic heterocycles. The second-order valence-corrected chi connectivity index (χ2v) is 5.70. The van der Waals surface area contributed by atoms with E-state index >= 15 is 0 Å². The lowest BCUT2D eigenvalue weighted by molar-refractivity contribution is -0.162. The molecule has 1 aromatic heterocycles. The first-order valence-corrected chi connectivity index (χ1v) is 6.70. The highest BCUT2D eigenvalue weighted by Crippen LogP contribution is 2.24. The predicted octanol–water partition coefficient (Wildman–Crippen LogP) is 0.839. The summed E-state index contributed by atoms with van der Waals surface area (Å²) >= 11 is 3.30. The van der Waals surface area contributed by atoms with E-state index in [2.05, 4.69) is 15.9 Å². The standard InChI is InChI=1S/C12H15BrN2O4/c1-14-7-8(13)6-9(14)10(16)15-4-2-12(19,3-5-15)11(17)18/h6-7,19H,2-5H2,1H3,(H,17,18). The predicted molar refractivity (Wildman–Crippen MR) is 70.8 cm³/mol. The molecule has 0 atom stereocenters. The minimum absolute atomic E-state index is 0.0552. The molecule has 0 aliphatic carbocycles. The molecule has 6 nitrogen and oxygen atoms in total. The number of hydrogen-bond donors (Lipinski definition) is 2. The second-order valence-electron chi connectivity index (χ2n) is 4.78. The van der Waals surface area contributed by atoms with Crippen LogP contribution in [-0.4, -0.2) is 50.2 Å². The second kappa shape index (κ2) is 4.97. The molecule has 7 heteroatoms. The molecule has 104 valence electrons. The van der Waals surface area contributed by atoms with Crippen LogP contribution in [0.2, 0.25) is 0 Å². The van der Waals surface area contributed by atoms with E-state index in [4.69, 9.17) is 5.11 Å². The van der Waals surface area contributed by atoms with Crippen LogP contribution in [-0.2, 0) is 11.8 Å². The van der Waals surface area contributed by atoms with E-state index in [1.165, 1.54) is 0 Å². The summed E-state index contributed by atoms with van der Waals surface area (Å²) in [5.41, 5.74) is -1.17. The smallest absolute Gasteiger partial charge is 0.335 e. The first-order valence-electron chi connectivity index (χ1n) is 5.90. The number of hydrogen-bond acceptors (Lipinski definition) is 3. The zero-order valence-corrected chi connectivity index (χ0v) is 12.1. The molecule has 2 N–H and O–H groups in total. The number of rotatable bonds is 2. The maximum atomic E-state index is 12.3. The molecular weight excluding hydrogens is 316 g/mol. The summed E-state index contributed by atoms with van der Waals surface area (Å²) in [6.07, 6.45) is 1.89. The minimum atomic E-state index is -1.70. The van der Waals surface area contributed by atoms with Crippen LogP contribution in [0.25, 0.3) is 0 Å². The highest BCUT2D eigenvalue weighted by molar-refractivity contribution is 9.10. The third kappa shape index (κ3) is 2.66. The van der Waals surface area contributed by atoms with Crippen molar-refractivity contribution in [1.82, 2.24) is 9.47 Å². The first-order chi connectivity index (χ1) is 8.83. The number of piperidine rings is 1. The zero-order valence-electron chi connectivity index (χ0n) is 10.5. The van der Waals surface area contributed by atoms with Gasteiger partial charge in [-0.3, -0.25) is 4.79 Å². The van der Waals surface area contributed by atoms with Crippen molar-refractivity contribution in [3.63, 3.8) is 0 Å². The Bertz CT molecular complexity index is 518. The molecule has 0 radical (unpaired) electrons. The molecule has 2 heterocycles. The van der Waals surface area contributed by atoms with Gasteiger partial charge < -0.3 is 19.7 Å². The number of aliphatic carboxylic acids is 1. The van der Waals surface area contributed by atoms with E-state index in [9.17, 15) is 14.7 Å². The number of aryl methyl sites for hydroxylation is 1. The normalized spacial score (nSPS) is 18.4. The van der Waals surface area contributed by atoms with Crippen LogP contribution in [0.1, 0.15) is 23.3 Å². The maximum Gasteiger partial charge on any atom is 0.335 e. The Labute approximate surface area is 118 Å². The number of halogens is 1. The number of carboxylic acids is 1. The highest BCUT2D eigenvalue weighted by Gasteiger charge is 2.40. The van der Waals surface area contributed by atoms with Gasteiger partial charge in [0.1, 0.15) is 5.69 Å². The molecule has 0 unspecified atom stereocenters. The van der Waals surface area contributed by atoms with Gasteiger partial charge in [0.05, 0.1) is 0 Å². The third-order valence-corrected chi connectivity index (χ3v) is 3.90. The summed E-state index contributed by atoms with van der Waals surface area (Å²) in [6.45, 7) is 0.481. The topological polar surface area (TPSA) is 82.8 Å². The lowest BCUT2D eigenvalue weighted by atomic mass is 9.91. The lowest BCUT2D eigenvalue weighted by Gasteiger charge is -2.35. The number of aromatic nitrogens is 1. The number of aliphatic hydroxyl groups is 1. The van der Waals surface area contributed by atoms with Crippen LogP contribution in [0, 0.1) is 0 Å². The fourth-order valence-corrected chi connectivity index (χ4v) is 2.72. The van der Waals surface area contributed by atoms with Gasteiger partial charge in [0, 0.05) is 43.6 Å². The van der Waals surface area contributed by atoms with Gasteiger partial charge >= 0.3 is 5.97 Å². The largest absolute Gasteiger partial charge is 0.479 e. The molecule has 1 fully saturated rings. The molecule has 1 amide bonds. The van der Waals surface area contributed by atoms with Gasteiger partial charge in [-0.2, -0.15) is 0 Å². The molecule has 2 rings (SSSR count). The average Bonchev–Trinajstić information content (AvgIpc) is 2.68. The summed E-state index contributed by atoms with van der Waals surface area (Å²) in [5, 5.41) is 18.8. The monoisotopic (exact) mass is 330 g/mol. The number of nitrogens with zero attached hydrogens (tertiary/aromatic N) is 2. The SMILES string of the molecule is Cn1cc(Br)cc1C(=O)N1CCC(O)(C(=O)O)CC1. The number of amides is 1. The van der Waals surface area contributed by atoms with Crippen molar-refractivity contribution < 1.29 is 19.8 Å². The lowest BCUT2D eigenvalue weighted by Crippen LogP contribution is -2.51. The summed E-state index contributed by atoms with van der Waals surface area (Å²) in [7, 11) is 1.77. The van der Waals surface area contributed by atoms with Crippen molar-refractivity contribution >= 4 is 27.8 Å². The van der Waals surface area contributed by atoms with Crippen molar-refractivity contribution in [2.75, 3.05) is 13.1 Å². The molecule has 1 saturated heterocycles. The van der Waals surface area contributed by atoms with Crippen LogP contribution in [0.15, 0.2) is 16.7 Å². The van der Waals surface area contributed by atoms with Crippen LogP contribution in [0.3, 0.4) is 0 Å². The van der Waals surface area contributed by atoms with Crippen LogP contribution in [0.4, 0.5) is 0 Å². The molecule has 0 aromatic carbocycles. The van der Waals surface area contributed by atoms with Gasteiger partial charge in [-0.05, 0) is 22.0 Å². The third-order valence-electron chi connectivity index (χ3n) is 3.47. The summed E-state index contributed by atoms with van der Waals surface area (Å²) < 4.78 is 2.53. The Kier molecular flexibility index (Phi) is 3.69. The average molecular weight is 331 g/mol. The van der Waals surface area contributed by atoms with E-state index in [1.54, 1.807) is 28.8 Å². The van der Waals surface area contributed by atoms with Crippen molar-refractivity contribution in [2.45, 2.75) is 18.4 Å². The van der Waals surface area contributed by atoms with Crippen molar-refractivity contribution in [2.24, 2.45) is 7.05 Å². The Morgan fingerprint density at radius 1 is 1.37 bits per heavy atom. The number of carbonyl (C=O) groups is 2. The summed E-state index contributed by atoms with van der Waals surface area (Å²) in [4.78, 5) is 24.8.